The first-order valence-electron chi connectivity index (χ1n) is 11.6. The number of piperidine rings is 2. The number of nitrogens with one attached hydrogen (secondary N) is 1. The van der Waals surface area contributed by atoms with E-state index in [4.69, 9.17) is 27.4 Å². The number of amides is 1. The van der Waals surface area contributed by atoms with Gasteiger partial charge >= 0.3 is 0 Å². The number of aromatic nitrogens is 3. The van der Waals surface area contributed by atoms with Crippen LogP contribution >= 0.6 is 11.6 Å². The normalized spacial score (nSPS) is 31.4. The number of fused-ring (bicyclic) bond motifs is 1. The van der Waals surface area contributed by atoms with Crippen LogP contribution in [-0.2, 0) is 4.79 Å². The van der Waals surface area contributed by atoms with Gasteiger partial charge in [0.2, 0.25) is 5.91 Å². The van der Waals surface area contributed by atoms with Gasteiger partial charge in [-0.25, -0.2) is 9.50 Å². The molecule has 0 aromatic carbocycles. The molecule has 3 aliphatic heterocycles. The molecular formula is C22H32ClN7O2. The lowest BCUT2D eigenvalue weighted by Crippen LogP contribution is -2.53. The highest BCUT2D eigenvalue weighted by molar-refractivity contribution is 6.21. The Labute approximate surface area is 192 Å². The fourth-order valence-corrected chi connectivity index (χ4v) is 5.59. The van der Waals surface area contributed by atoms with Crippen LogP contribution < -0.4 is 16.0 Å². The molecule has 0 saturated carbocycles. The molecule has 3 unspecified atom stereocenters. The number of alkyl halides is 1. The summed E-state index contributed by atoms with van der Waals surface area (Å²) < 4.78 is 1.81. The smallest absolute Gasteiger partial charge is 0.230 e. The number of halogens is 1. The number of aryl methyl sites for hydroxylation is 1. The summed E-state index contributed by atoms with van der Waals surface area (Å²) in [4.78, 5) is 22.4. The Kier molecular flexibility index (Phi) is 6.00. The van der Waals surface area contributed by atoms with E-state index >= 15 is 0 Å². The summed E-state index contributed by atoms with van der Waals surface area (Å²) in [5.41, 5.74) is 8.78. The number of hydrogen-bond donors (Lipinski definition) is 3. The van der Waals surface area contributed by atoms with Gasteiger partial charge in [0.05, 0.1) is 17.7 Å². The van der Waals surface area contributed by atoms with Crippen molar-refractivity contribution in [3.8, 4) is 0 Å². The minimum absolute atomic E-state index is 0.0482. The average molecular weight is 462 g/mol. The lowest BCUT2D eigenvalue weighted by Gasteiger charge is -2.40. The van der Waals surface area contributed by atoms with Gasteiger partial charge in [0.1, 0.15) is 12.0 Å². The third-order valence-corrected chi connectivity index (χ3v) is 7.36. The minimum Gasteiger partial charge on any atom is -0.378 e. The number of rotatable bonds is 3. The predicted molar refractivity (Wildman–Crippen MR) is 123 cm³/mol. The molecule has 1 amide bonds. The number of likely N-dealkylation sites (tertiary alicyclic amines) is 1. The second-order valence-electron chi connectivity index (χ2n) is 9.45. The maximum atomic E-state index is 13.4. The van der Waals surface area contributed by atoms with E-state index in [1.807, 2.05) is 28.6 Å². The van der Waals surface area contributed by atoms with Crippen molar-refractivity contribution in [3.63, 3.8) is 0 Å². The predicted octanol–water partition coefficient (Wildman–Crippen LogP) is 1.16. The number of hydrogen-bond acceptors (Lipinski definition) is 7. The zero-order valence-corrected chi connectivity index (χ0v) is 19.2. The van der Waals surface area contributed by atoms with Crippen LogP contribution in [0.2, 0.25) is 0 Å². The van der Waals surface area contributed by atoms with E-state index in [1.54, 1.807) is 0 Å². The minimum atomic E-state index is -0.861. The zero-order chi connectivity index (χ0) is 22.4. The molecule has 0 aliphatic carbocycles. The van der Waals surface area contributed by atoms with Gasteiger partial charge in [0.15, 0.2) is 5.65 Å². The Morgan fingerprint density at radius 2 is 2.16 bits per heavy atom. The van der Waals surface area contributed by atoms with E-state index in [0.29, 0.717) is 19.5 Å². The van der Waals surface area contributed by atoms with Gasteiger partial charge in [0.25, 0.3) is 0 Å². The Balaban J connectivity index is 1.43. The number of carbonyl (C=O) groups excluding carboxylic acids is 1. The lowest BCUT2D eigenvalue weighted by atomic mass is 9.92. The Morgan fingerprint density at radius 1 is 1.31 bits per heavy atom. The van der Waals surface area contributed by atoms with Crippen LogP contribution in [0.25, 0.3) is 5.65 Å². The van der Waals surface area contributed by atoms with Crippen molar-refractivity contribution in [1.82, 2.24) is 24.8 Å². The molecule has 3 fully saturated rings. The highest BCUT2D eigenvalue weighted by Crippen LogP contribution is 2.34. The van der Waals surface area contributed by atoms with E-state index in [9.17, 15) is 9.90 Å². The van der Waals surface area contributed by atoms with Crippen LogP contribution in [-0.4, -0.2) is 74.3 Å². The SMILES string of the molecule is Cc1cn2nc([C@@H]3CCCCN3C(=O)C3CC(Cl)CNC3O)cc2nc1N1CC[C@H](N)C1. The molecule has 32 heavy (non-hydrogen) atoms. The summed E-state index contributed by atoms with van der Waals surface area (Å²) in [7, 11) is 0. The highest BCUT2D eigenvalue weighted by Gasteiger charge is 2.39. The standard InChI is InChI=1S/C22H32ClN7O2/c1-13-11-30-19(26-20(13)28-7-5-15(24)12-28)9-17(27-30)18-4-2-3-6-29(18)22(32)16-8-14(23)10-25-21(16)31/h9,11,14-16,18,21,25,31H,2-8,10,12,24H2,1H3/t14?,15-,16?,18-,21?/m0/s1. The molecule has 3 aliphatic rings. The number of aliphatic hydroxyl groups is 1. The first-order valence-corrected chi connectivity index (χ1v) is 12.1. The fraction of sp³-hybridized carbons (Fsp3) is 0.682. The monoisotopic (exact) mass is 461 g/mol. The van der Waals surface area contributed by atoms with Crippen LogP contribution in [0.4, 0.5) is 5.82 Å². The molecule has 9 nitrogen and oxygen atoms in total. The molecule has 174 valence electrons. The Morgan fingerprint density at radius 3 is 2.94 bits per heavy atom. The van der Waals surface area contributed by atoms with Crippen LogP contribution in [0, 0.1) is 12.8 Å². The molecular weight excluding hydrogens is 430 g/mol. The van der Waals surface area contributed by atoms with Gasteiger partial charge in [0, 0.05) is 55.4 Å². The van der Waals surface area contributed by atoms with Crippen LogP contribution in [0.15, 0.2) is 12.3 Å². The van der Waals surface area contributed by atoms with E-state index in [2.05, 4.69) is 10.2 Å². The number of anilines is 1. The van der Waals surface area contributed by atoms with Gasteiger partial charge in [-0.2, -0.15) is 5.10 Å². The topological polar surface area (TPSA) is 112 Å². The first-order chi connectivity index (χ1) is 15.4. The maximum absolute atomic E-state index is 13.4. The zero-order valence-electron chi connectivity index (χ0n) is 18.5. The second kappa shape index (κ2) is 8.78. The molecule has 3 saturated heterocycles. The van der Waals surface area contributed by atoms with Crippen molar-refractivity contribution in [2.45, 2.75) is 62.7 Å². The summed E-state index contributed by atoms with van der Waals surface area (Å²) in [5, 5.41) is 18.0. The Hall–Kier alpha value is -1.94. The third kappa shape index (κ3) is 4.07. The lowest BCUT2D eigenvalue weighted by molar-refractivity contribution is -0.145. The largest absolute Gasteiger partial charge is 0.378 e. The first kappa shape index (κ1) is 21.9. The van der Waals surface area contributed by atoms with Crippen LogP contribution in [0.3, 0.4) is 0 Å². The van der Waals surface area contributed by atoms with Crippen LogP contribution in [0.5, 0.6) is 0 Å². The molecule has 5 atom stereocenters. The van der Waals surface area contributed by atoms with Crippen molar-refractivity contribution < 1.29 is 9.90 Å². The van der Waals surface area contributed by atoms with E-state index in [-0.39, 0.29) is 23.4 Å². The van der Waals surface area contributed by atoms with Gasteiger partial charge in [-0.15, -0.1) is 11.6 Å². The van der Waals surface area contributed by atoms with Gasteiger partial charge in [-0.3, -0.25) is 10.1 Å². The summed E-state index contributed by atoms with van der Waals surface area (Å²) in [5.74, 6) is 0.376. The summed E-state index contributed by atoms with van der Waals surface area (Å²) in [6, 6.07) is 2.06. The Bertz CT molecular complexity index is 998. The van der Waals surface area contributed by atoms with Crippen molar-refractivity contribution in [3.05, 3.63) is 23.5 Å². The molecule has 2 aromatic heterocycles. The molecule has 2 aromatic rings. The van der Waals surface area contributed by atoms with Crippen molar-refractivity contribution in [2.75, 3.05) is 31.1 Å². The number of nitrogens with zero attached hydrogens (tertiary/aromatic N) is 5. The summed E-state index contributed by atoms with van der Waals surface area (Å²) in [6.45, 7) is 4.95. The average Bonchev–Trinajstić information content (AvgIpc) is 3.40. The quantitative estimate of drug-likeness (QED) is 0.588. The molecule has 10 heteroatoms. The molecule has 5 heterocycles. The molecule has 4 N–H and O–H groups in total. The van der Waals surface area contributed by atoms with E-state index in [0.717, 1.165) is 61.5 Å². The number of nitrogens with two attached hydrogens (primary N) is 1. The number of carbonyl (C=O) groups is 1. The second-order valence-corrected chi connectivity index (χ2v) is 10.1. The molecule has 5 rings (SSSR count). The molecule has 0 bridgehead atoms. The van der Waals surface area contributed by atoms with Crippen molar-refractivity contribution >= 4 is 29.0 Å². The van der Waals surface area contributed by atoms with Crippen molar-refractivity contribution in [2.24, 2.45) is 11.7 Å². The van der Waals surface area contributed by atoms with Gasteiger partial charge < -0.3 is 20.6 Å². The van der Waals surface area contributed by atoms with Crippen LogP contribution in [0.1, 0.15) is 49.4 Å². The summed E-state index contributed by atoms with van der Waals surface area (Å²) >= 11 is 6.28. The van der Waals surface area contributed by atoms with E-state index in [1.165, 1.54) is 0 Å². The third-order valence-electron chi connectivity index (χ3n) is 7.03. The van der Waals surface area contributed by atoms with Crippen molar-refractivity contribution in [1.29, 1.82) is 0 Å². The van der Waals surface area contributed by atoms with Gasteiger partial charge in [-0.1, -0.05) is 0 Å². The molecule has 0 radical (unpaired) electrons. The highest BCUT2D eigenvalue weighted by atomic mass is 35.5. The van der Waals surface area contributed by atoms with Gasteiger partial charge in [-0.05, 0) is 39.0 Å². The number of aliphatic hydroxyl groups excluding tert-OH is 1. The fourth-order valence-electron chi connectivity index (χ4n) is 5.31. The van der Waals surface area contributed by atoms with E-state index < -0.39 is 12.1 Å². The maximum Gasteiger partial charge on any atom is 0.230 e. The molecule has 0 spiro atoms. The summed E-state index contributed by atoms with van der Waals surface area (Å²) in [6.07, 6.45) is 5.43.